The van der Waals surface area contributed by atoms with Crippen LogP contribution in [0.5, 0.6) is 11.5 Å². The van der Waals surface area contributed by atoms with Gasteiger partial charge in [-0.15, -0.1) is 0 Å². The maximum Gasteiger partial charge on any atom is 0.324 e. The first-order valence-electron chi connectivity index (χ1n) is 11.7. The molecule has 3 amide bonds. The highest BCUT2D eigenvalue weighted by Gasteiger charge is 2.22. The van der Waals surface area contributed by atoms with Crippen molar-refractivity contribution < 1.29 is 14.3 Å². The van der Waals surface area contributed by atoms with E-state index >= 15 is 0 Å². The van der Waals surface area contributed by atoms with E-state index in [-0.39, 0.29) is 22.0 Å². The number of nitrogens with zero attached hydrogens (tertiary/aromatic N) is 3. The van der Waals surface area contributed by atoms with E-state index in [0.29, 0.717) is 34.4 Å². The van der Waals surface area contributed by atoms with Crippen LogP contribution in [0.15, 0.2) is 66.9 Å². The highest BCUT2D eigenvalue weighted by atomic mass is 35.5. The highest BCUT2D eigenvalue weighted by molar-refractivity contribution is 6.34. The van der Waals surface area contributed by atoms with Gasteiger partial charge >= 0.3 is 6.03 Å². The van der Waals surface area contributed by atoms with Crippen LogP contribution in [0.4, 0.5) is 22.0 Å². The second-order valence-corrected chi connectivity index (χ2v) is 9.86. The van der Waals surface area contributed by atoms with Crippen molar-refractivity contribution in [2.45, 2.75) is 26.2 Å². The fourth-order valence-corrected chi connectivity index (χ4v) is 3.70. The number of amides is 3. The smallest absolute Gasteiger partial charge is 0.324 e. The number of nitrogens with one attached hydrogen (secondary N) is 3. The Kier molecular flexibility index (Phi) is 7.54. The third-order valence-corrected chi connectivity index (χ3v) is 5.76. The molecule has 4 aromatic rings. The summed E-state index contributed by atoms with van der Waals surface area (Å²) < 4.78 is 7.44. The summed E-state index contributed by atoms with van der Waals surface area (Å²) in [5.74, 6) is 0.978. The molecule has 0 saturated carbocycles. The molecule has 0 bridgehead atoms. The summed E-state index contributed by atoms with van der Waals surface area (Å²) >= 11 is 6.42. The summed E-state index contributed by atoms with van der Waals surface area (Å²) in [6.45, 7) is 6.12. The number of carbonyl (C=O) groups excluding carboxylic acids is 2. The molecule has 38 heavy (non-hydrogen) atoms. The fraction of sp³-hybridized carbons (Fsp3) is 0.185. The Morgan fingerprint density at radius 1 is 1.00 bits per heavy atom. The predicted molar refractivity (Wildman–Crippen MR) is 148 cm³/mol. The molecule has 0 aliphatic rings. The molecule has 4 rings (SSSR count). The van der Waals surface area contributed by atoms with Crippen molar-refractivity contribution in [1.82, 2.24) is 20.1 Å². The average Bonchev–Trinajstić information content (AvgIpc) is 3.30. The summed E-state index contributed by atoms with van der Waals surface area (Å²) in [5.41, 5.74) is 8.41. The van der Waals surface area contributed by atoms with Gasteiger partial charge in [0.2, 0.25) is 0 Å². The van der Waals surface area contributed by atoms with Crippen molar-refractivity contribution in [3.05, 3.63) is 83.3 Å². The first kappa shape index (κ1) is 26.5. The largest absolute Gasteiger partial charge is 0.457 e. The second kappa shape index (κ2) is 10.8. The standard InChI is InChI=1S/C27H28ClN7O3/c1-27(2,3)23-15-24(35(34-23)17-7-5-6-16(29)12-17)33-26(37)32-21-9-8-18(13-20(21)28)38-19-10-11-31-22(14-19)25(36)30-4/h5-15H,29H2,1-4H3,(H,30,36)(H2,32,33,37). The van der Waals surface area contributed by atoms with Gasteiger partial charge in [0.05, 0.1) is 22.1 Å². The van der Waals surface area contributed by atoms with Gasteiger partial charge in [-0.2, -0.15) is 5.10 Å². The van der Waals surface area contributed by atoms with E-state index in [1.807, 2.05) is 39.0 Å². The van der Waals surface area contributed by atoms with E-state index in [2.05, 4.69) is 20.9 Å². The topological polar surface area (TPSA) is 136 Å². The predicted octanol–water partition coefficient (Wildman–Crippen LogP) is 5.60. The number of nitrogens with two attached hydrogens (primary N) is 1. The van der Waals surface area contributed by atoms with Crippen molar-refractivity contribution in [2.75, 3.05) is 23.4 Å². The molecule has 2 heterocycles. The number of pyridine rings is 1. The van der Waals surface area contributed by atoms with Gasteiger partial charge in [0.15, 0.2) is 0 Å². The maximum absolute atomic E-state index is 12.9. The Bertz CT molecular complexity index is 1490. The van der Waals surface area contributed by atoms with Crippen LogP contribution in [0.3, 0.4) is 0 Å². The zero-order chi connectivity index (χ0) is 27.4. The van der Waals surface area contributed by atoms with Crippen LogP contribution in [-0.4, -0.2) is 33.8 Å². The van der Waals surface area contributed by atoms with Crippen LogP contribution in [0, 0.1) is 0 Å². The third kappa shape index (κ3) is 6.22. The van der Waals surface area contributed by atoms with Crippen molar-refractivity contribution >= 4 is 40.7 Å². The molecule has 2 aromatic heterocycles. The number of hydrogen-bond acceptors (Lipinski definition) is 6. The lowest BCUT2D eigenvalue weighted by atomic mass is 9.92. The zero-order valence-corrected chi connectivity index (χ0v) is 22.1. The number of hydrogen-bond donors (Lipinski definition) is 4. The third-order valence-electron chi connectivity index (χ3n) is 5.45. The molecule has 11 heteroatoms. The highest BCUT2D eigenvalue weighted by Crippen LogP contribution is 2.31. The van der Waals surface area contributed by atoms with E-state index in [1.54, 1.807) is 41.1 Å². The maximum atomic E-state index is 12.9. The van der Waals surface area contributed by atoms with Gasteiger partial charge in [-0.05, 0) is 36.4 Å². The summed E-state index contributed by atoms with van der Waals surface area (Å²) in [6, 6.07) is 16.5. The van der Waals surface area contributed by atoms with E-state index in [9.17, 15) is 9.59 Å². The van der Waals surface area contributed by atoms with Crippen LogP contribution in [-0.2, 0) is 5.41 Å². The molecule has 0 fully saturated rings. The molecule has 0 unspecified atom stereocenters. The first-order chi connectivity index (χ1) is 18.0. The Balaban J connectivity index is 1.50. The Morgan fingerprint density at radius 2 is 1.76 bits per heavy atom. The number of benzene rings is 2. The molecular weight excluding hydrogens is 506 g/mol. The number of aromatic nitrogens is 3. The number of anilines is 3. The number of rotatable bonds is 6. The molecule has 0 saturated heterocycles. The van der Waals surface area contributed by atoms with Crippen molar-refractivity contribution in [2.24, 2.45) is 0 Å². The van der Waals surface area contributed by atoms with Crippen molar-refractivity contribution in [3.63, 3.8) is 0 Å². The molecule has 196 valence electrons. The van der Waals surface area contributed by atoms with Crippen LogP contribution >= 0.6 is 11.6 Å². The van der Waals surface area contributed by atoms with E-state index in [0.717, 1.165) is 5.69 Å². The number of halogens is 1. The van der Waals surface area contributed by atoms with Crippen LogP contribution in [0.2, 0.25) is 5.02 Å². The summed E-state index contributed by atoms with van der Waals surface area (Å²) in [6.07, 6.45) is 1.47. The fourth-order valence-electron chi connectivity index (χ4n) is 3.48. The molecule has 2 aromatic carbocycles. The van der Waals surface area contributed by atoms with Gasteiger partial charge in [0.1, 0.15) is 23.0 Å². The lowest BCUT2D eigenvalue weighted by molar-refractivity contribution is 0.0958. The zero-order valence-electron chi connectivity index (χ0n) is 21.4. The van der Waals surface area contributed by atoms with E-state index < -0.39 is 6.03 Å². The van der Waals surface area contributed by atoms with Gasteiger partial charge in [-0.3, -0.25) is 15.1 Å². The SMILES string of the molecule is CNC(=O)c1cc(Oc2ccc(NC(=O)Nc3cc(C(C)(C)C)nn3-c3cccc(N)c3)c(Cl)c2)ccn1. The van der Waals surface area contributed by atoms with Gasteiger partial charge in [-0.25, -0.2) is 9.48 Å². The number of nitrogen functional groups attached to an aromatic ring is 1. The van der Waals surface area contributed by atoms with E-state index in [1.165, 1.54) is 19.3 Å². The minimum Gasteiger partial charge on any atom is -0.457 e. The monoisotopic (exact) mass is 533 g/mol. The van der Waals surface area contributed by atoms with Crippen LogP contribution in [0.1, 0.15) is 37.0 Å². The number of carbonyl (C=O) groups is 2. The molecule has 10 nitrogen and oxygen atoms in total. The average molecular weight is 534 g/mol. The number of urea groups is 1. The number of ether oxygens (including phenoxy) is 1. The quantitative estimate of drug-likeness (QED) is 0.238. The van der Waals surface area contributed by atoms with Gasteiger partial charge in [-0.1, -0.05) is 38.4 Å². The lowest BCUT2D eigenvalue weighted by Gasteiger charge is -2.14. The van der Waals surface area contributed by atoms with Crippen molar-refractivity contribution in [3.8, 4) is 17.2 Å². The normalized spacial score (nSPS) is 11.1. The van der Waals surface area contributed by atoms with Crippen LogP contribution in [0.25, 0.3) is 5.69 Å². The van der Waals surface area contributed by atoms with Gasteiger partial charge < -0.3 is 21.1 Å². The summed E-state index contributed by atoms with van der Waals surface area (Å²) in [4.78, 5) is 28.7. The Hall–Kier alpha value is -4.57. The molecule has 0 spiro atoms. The molecular formula is C27H28ClN7O3. The van der Waals surface area contributed by atoms with Crippen LogP contribution < -0.4 is 26.4 Å². The first-order valence-corrected chi connectivity index (χ1v) is 12.1. The van der Waals surface area contributed by atoms with E-state index in [4.69, 9.17) is 27.2 Å². The molecule has 0 atom stereocenters. The lowest BCUT2D eigenvalue weighted by Crippen LogP contribution is -2.21. The minimum atomic E-state index is -0.504. The van der Waals surface area contributed by atoms with Crippen molar-refractivity contribution in [1.29, 1.82) is 0 Å². The molecule has 0 aliphatic heterocycles. The second-order valence-electron chi connectivity index (χ2n) is 9.45. The minimum absolute atomic E-state index is 0.220. The molecule has 0 aliphatic carbocycles. The molecule has 5 N–H and O–H groups in total. The van der Waals surface area contributed by atoms with Gasteiger partial charge in [0, 0.05) is 42.5 Å². The Morgan fingerprint density at radius 3 is 2.45 bits per heavy atom. The van der Waals surface area contributed by atoms with Gasteiger partial charge in [0.25, 0.3) is 5.91 Å². The summed E-state index contributed by atoms with van der Waals surface area (Å²) in [7, 11) is 1.52. The Labute approximate surface area is 225 Å². The molecule has 0 radical (unpaired) electrons. The summed E-state index contributed by atoms with van der Waals surface area (Å²) in [5, 5.41) is 13.1.